The maximum Gasteiger partial charge on any atom is 0.283 e. The average molecular weight is 243 g/mol. The number of aryl methyl sites for hydroxylation is 1. The van der Waals surface area contributed by atoms with E-state index < -0.39 is 10.0 Å². The Morgan fingerprint density at radius 2 is 2.19 bits per heavy atom. The molecule has 0 amide bonds. The number of hydrogen-bond donors (Lipinski definition) is 2. The molecule has 2 N–H and O–H groups in total. The van der Waals surface area contributed by atoms with Crippen molar-refractivity contribution in [1.29, 1.82) is 0 Å². The highest BCUT2D eigenvalue weighted by Gasteiger charge is 2.29. The Morgan fingerprint density at radius 1 is 1.50 bits per heavy atom. The molecule has 1 aromatic heterocycles. The van der Waals surface area contributed by atoms with Crippen molar-refractivity contribution < 1.29 is 8.42 Å². The van der Waals surface area contributed by atoms with Gasteiger partial charge in [-0.05, 0) is 13.8 Å². The second-order valence-corrected chi connectivity index (χ2v) is 5.45. The van der Waals surface area contributed by atoms with Crippen LogP contribution < -0.4 is 10.0 Å². The van der Waals surface area contributed by atoms with Crippen LogP contribution in [0.4, 0.5) is 5.82 Å². The lowest BCUT2D eigenvalue weighted by Gasteiger charge is -2.18. The van der Waals surface area contributed by atoms with Gasteiger partial charge in [0.15, 0.2) is 5.82 Å². The summed E-state index contributed by atoms with van der Waals surface area (Å²) < 4.78 is 27.5. The fourth-order valence-corrected chi connectivity index (χ4v) is 2.65. The van der Waals surface area contributed by atoms with Gasteiger partial charge in [0.2, 0.25) is 11.0 Å². The first kappa shape index (κ1) is 10.9. The summed E-state index contributed by atoms with van der Waals surface area (Å²) in [5, 5.41) is 2.98. The second kappa shape index (κ2) is 3.48. The minimum Gasteiger partial charge on any atom is -0.353 e. The average Bonchev–Trinajstić information content (AvgIpc) is 2.45. The smallest absolute Gasteiger partial charge is 0.283 e. The van der Waals surface area contributed by atoms with Crippen molar-refractivity contribution in [3.8, 4) is 0 Å². The van der Waals surface area contributed by atoms with Crippen molar-refractivity contribution in [1.82, 2.24) is 19.6 Å². The molecule has 8 heteroatoms. The Kier molecular flexibility index (Phi) is 2.38. The summed E-state index contributed by atoms with van der Waals surface area (Å²) >= 11 is 0. The monoisotopic (exact) mass is 243 g/mol. The second-order valence-electron chi connectivity index (χ2n) is 3.85. The lowest BCUT2D eigenvalue weighted by molar-refractivity contribution is 0.578. The van der Waals surface area contributed by atoms with E-state index in [1.54, 1.807) is 7.05 Å². The van der Waals surface area contributed by atoms with Crippen molar-refractivity contribution >= 4 is 21.8 Å². The van der Waals surface area contributed by atoms with Crippen LogP contribution in [-0.4, -0.2) is 30.0 Å². The topological polar surface area (TPSA) is 88.4 Å². The van der Waals surface area contributed by atoms with E-state index in [0.717, 1.165) is 0 Å². The molecule has 0 bridgehead atoms. The van der Waals surface area contributed by atoms with Crippen molar-refractivity contribution in [2.24, 2.45) is 12.0 Å². The number of nitrogens with zero attached hydrogens (tertiary/aromatic N) is 3. The molecule has 2 heterocycles. The summed E-state index contributed by atoms with van der Waals surface area (Å²) in [5.41, 5.74) is 0. The molecule has 0 saturated heterocycles. The van der Waals surface area contributed by atoms with Crippen LogP contribution in [0.1, 0.15) is 13.8 Å². The van der Waals surface area contributed by atoms with E-state index in [9.17, 15) is 8.42 Å². The first-order valence-electron chi connectivity index (χ1n) is 4.79. The molecular formula is C8H13N5O2S. The third kappa shape index (κ3) is 1.75. The molecule has 1 aromatic rings. The summed E-state index contributed by atoms with van der Waals surface area (Å²) in [7, 11) is -1.95. The number of nitrogens with one attached hydrogen (secondary N) is 2. The van der Waals surface area contributed by atoms with Crippen LogP contribution in [0.15, 0.2) is 16.3 Å². The van der Waals surface area contributed by atoms with Crippen LogP contribution in [0.5, 0.6) is 0 Å². The number of fused-ring (bicyclic) bond motifs is 1. The van der Waals surface area contributed by atoms with Gasteiger partial charge in [-0.3, -0.25) is 0 Å². The maximum atomic E-state index is 11.9. The SMILES string of the molecule is CC(C)NC1=Nc2ncn(C)c2S(=O)(=O)N1. The Balaban J connectivity index is 2.49. The zero-order valence-electron chi connectivity index (χ0n) is 9.22. The third-order valence-electron chi connectivity index (χ3n) is 1.99. The molecule has 1 aliphatic rings. The number of imidazole rings is 1. The van der Waals surface area contributed by atoms with E-state index in [1.165, 1.54) is 10.9 Å². The van der Waals surface area contributed by atoms with Gasteiger partial charge in [-0.15, -0.1) is 0 Å². The van der Waals surface area contributed by atoms with E-state index in [0.29, 0.717) is 0 Å². The van der Waals surface area contributed by atoms with Gasteiger partial charge in [0, 0.05) is 13.1 Å². The molecule has 0 fully saturated rings. The molecule has 88 valence electrons. The summed E-state index contributed by atoms with van der Waals surface area (Å²) in [5.74, 6) is 0.422. The Labute approximate surface area is 93.6 Å². The van der Waals surface area contributed by atoms with Crippen LogP contribution in [0.3, 0.4) is 0 Å². The van der Waals surface area contributed by atoms with E-state index in [2.05, 4.69) is 20.0 Å². The zero-order valence-corrected chi connectivity index (χ0v) is 10.0. The number of aliphatic imine (C=N–C) groups is 1. The summed E-state index contributed by atoms with van der Waals surface area (Å²) in [6.45, 7) is 3.79. The number of sulfonamides is 1. The molecule has 1 aliphatic heterocycles. The maximum absolute atomic E-state index is 11.9. The number of guanidine groups is 1. The highest BCUT2D eigenvalue weighted by atomic mass is 32.2. The van der Waals surface area contributed by atoms with Gasteiger partial charge in [0.25, 0.3) is 10.0 Å². The minimum absolute atomic E-state index is 0.0850. The predicted octanol–water partition coefficient (Wildman–Crippen LogP) is -0.302. The van der Waals surface area contributed by atoms with Crippen LogP contribution >= 0.6 is 0 Å². The minimum atomic E-state index is -3.57. The zero-order chi connectivity index (χ0) is 11.9. The fraction of sp³-hybridized carbons (Fsp3) is 0.500. The Morgan fingerprint density at radius 3 is 2.81 bits per heavy atom. The number of aromatic nitrogens is 2. The van der Waals surface area contributed by atoms with Crippen LogP contribution in [0.25, 0.3) is 0 Å². The molecule has 0 aromatic carbocycles. The van der Waals surface area contributed by atoms with E-state index in [1.807, 2.05) is 13.8 Å². The van der Waals surface area contributed by atoms with Gasteiger partial charge in [-0.1, -0.05) is 0 Å². The normalized spacial score (nSPS) is 17.6. The largest absolute Gasteiger partial charge is 0.353 e. The van der Waals surface area contributed by atoms with Gasteiger partial charge in [-0.25, -0.2) is 9.71 Å². The van der Waals surface area contributed by atoms with E-state index in [4.69, 9.17) is 0 Å². The van der Waals surface area contributed by atoms with Crippen molar-refractivity contribution in [3.63, 3.8) is 0 Å². The van der Waals surface area contributed by atoms with Gasteiger partial charge < -0.3 is 9.88 Å². The molecule has 16 heavy (non-hydrogen) atoms. The predicted molar refractivity (Wildman–Crippen MR) is 58.9 cm³/mol. The quantitative estimate of drug-likeness (QED) is 0.708. The van der Waals surface area contributed by atoms with Crippen molar-refractivity contribution in [2.75, 3.05) is 0 Å². The molecule has 7 nitrogen and oxygen atoms in total. The number of hydrogen-bond acceptors (Lipinski definition) is 5. The van der Waals surface area contributed by atoms with E-state index >= 15 is 0 Å². The molecule has 2 rings (SSSR count). The molecule has 0 atom stereocenters. The molecule has 0 spiro atoms. The lowest BCUT2D eigenvalue weighted by atomic mass is 10.4. The lowest BCUT2D eigenvalue weighted by Crippen LogP contribution is -2.45. The van der Waals surface area contributed by atoms with Crippen LogP contribution in [-0.2, 0) is 17.1 Å². The standard InChI is InChI=1S/C8H13N5O2S/c1-5(2)10-8-11-6-7(13(3)4-9-6)16(14,15)12-8/h4-5H,1-3H3,(H2,10,11,12). The summed E-state index contributed by atoms with van der Waals surface area (Å²) in [6, 6.07) is 0.0895. The van der Waals surface area contributed by atoms with Gasteiger partial charge >= 0.3 is 0 Å². The van der Waals surface area contributed by atoms with Gasteiger partial charge in [-0.2, -0.15) is 13.4 Å². The Hall–Kier alpha value is -1.57. The van der Waals surface area contributed by atoms with E-state index in [-0.39, 0.29) is 22.8 Å². The fourth-order valence-electron chi connectivity index (χ4n) is 1.43. The van der Waals surface area contributed by atoms with Crippen molar-refractivity contribution in [2.45, 2.75) is 24.9 Å². The third-order valence-corrected chi connectivity index (χ3v) is 3.44. The molecule has 0 unspecified atom stereocenters. The molecule has 0 aliphatic carbocycles. The van der Waals surface area contributed by atoms with Gasteiger partial charge in [0.1, 0.15) is 0 Å². The van der Waals surface area contributed by atoms with Crippen LogP contribution in [0.2, 0.25) is 0 Å². The van der Waals surface area contributed by atoms with Crippen LogP contribution in [0, 0.1) is 0 Å². The summed E-state index contributed by atoms with van der Waals surface area (Å²) in [4.78, 5) is 8.01. The first-order valence-corrected chi connectivity index (χ1v) is 6.28. The molecule has 0 radical (unpaired) electrons. The first-order chi connectivity index (χ1) is 7.40. The molecular weight excluding hydrogens is 230 g/mol. The summed E-state index contributed by atoms with van der Waals surface area (Å²) in [6.07, 6.45) is 1.42. The Bertz CT molecular complexity index is 543. The highest BCUT2D eigenvalue weighted by molar-refractivity contribution is 7.90. The van der Waals surface area contributed by atoms with Crippen molar-refractivity contribution in [3.05, 3.63) is 6.33 Å². The molecule has 0 saturated carbocycles. The number of rotatable bonds is 1. The highest BCUT2D eigenvalue weighted by Crippen LogP contribution is 2.24. The van der Waals surface area contributed by atoms with Gasteiger partial charge in [0.05, 0.1) is 6.33 Å².